The molecule has 5 nitrogen and oxygen atoms in total. The summed E-state index contributed by atoms with van der Waals surface area (Å²) in [7, 11) is -4.35. The summed E-state index contributed by atoms with van der Waals surface area (Å²) < 4.78 is 36.5. The second-order valence-corrected chi connectivity index (χ2v) is 6.76. The summed E-state index contributed by atoms with van der Waals surface area (Å²) in [6.45, 7) is 0. The normalized spacial score (nSPS) is 15.8. The number of carbonyl (C=O) groups is 1. The van der Waals surface area contributed by atoms with Gasteiger partial charge in [0, 0.05) is 6.04 Å². The third kappa shape index (κ3) is 2.90. The van der Waals surface area contributed by atoms with Gasteiger partial charge in [-0.15, -0.1) is 0 Å². The Kier molecular flexibility index (Phi) is 4.24. The number of sulfonamides is 1. The van der Waals surface area contributed by atoms with Crippen LogP contribution in [0.3, 0.4) is 0 Å². The summed E-state index contributed by atoms with van der Waals surface area (Å²) in [5.41, 5.74) is -0.301. The number of hydrogen-bond donors (Lipinski definition) is 2. The quantitative estimate of drug-likeness (QED) is 0.825. The molecule has 1 aliphatic rings. The van der Waals surface area contributed by atoms with E-state index in [1.165, 1.54) is 0 Å². The van der Waals surface area contributed by atoms with Gasteiger partial charge >= 0.3 is 0 Å². The first-order valence-electron chi connectivity index (χ1n) is 5.73. The molecule has 0 heterocycles. The van der Waals surface area contributed by atoms with Crippen molar-refractivity contribution in [2.24, 2.45) is 5.14 Å². The third-order valence-corrected chi connectivity index (χ3v) is 5.05. The Bertz CT molecular complexity index is 675. The van der Waals surface area contributed by atoms with Gasteiger partial charge in [-0.2, -0.15) is 0 Å². The monoisotopic (exact) mass is 340 g/mol. The van der Waals surface area contributed by atoms with E-state index in [4.69, 9.17) is 28.3 Å². The molecule has 9 heteroatoms. The highest BCUT2D eigenvalue weighted by Gasteiger charge is 2.28. The Hall–Kier alpha value is -0.890. The zero-order valence-corrected chi connectivity index (χ0v) is 12.4. The molecule has 0 bridgehead atoms. The summed E-state index contributed by atoms with van der Waals surface area (Å²) in [6.07, 6.45) is 2.64. The Balaban J connectivity index is 2.48. The van der Waals surface area contributed by atoms with Crippen molar-refractivity contribution < 1.29 is 17.6 Å². The average molecular weight is 341 g/mol. The highest BCUT2D eigenvalue weighted by molar-refractivity contribution is 7.89. The molecule has 0 spiro atoms. The lowest BCUT2D eigenvalue weighted by atomic mass is 9.93. The van der Waals surface area contributed by atoms with Crippen LogP contribution in [0.15, 0.2) is 11.0 Å². The molecule has 0 unspecified atom stereocenters. The number of benzene rings is 1. The number of nitrogens with two attached hydrogens (primary N) is 1. The molecule has 110 valence electrons. The fraction of sp³-hybridized carbons (Fsp3) is 0.364. The van der Waals surface area contributed by atoms with Crippen LogP contribution >= 0.6 is 23.2 Å². The number of rotatable bonds is 3. The lowest BCUT2D eigenvalue weighted by Gasteiger charge is -2.26. The highest BCUT2D eigenvalue weighted by Crippen LogP contribution is 2.34. The predicted molar refractivity (Wildman–Crippen MR) is 72.9 cm³/mol. The van der Waals surface area contributed by atoms with Gasteiger partial charge in [0.05, 0.1) is 15.6 Å². The number of primary sulfonamides is 1. The Labute approximate surface area is 125 Å². The Morgan fingerprint density at radius 2 is 1.95 bits per heavy atom. The minimum Gasteiger partial charge on any atom is -0.349 e. The van der Waals surface area contributed by atoms with Crippen LogP contribution in [-0.4, -0.2) is 20.4 Å². The van der Waals surface area contributed by atoms with Crippen LogP contribution in [0.5, 0.6) is 0 Å². The van der Waals surface area contributed by atoms with Crippen molar-refractivity contribution >= 4 is 39.1 Å². The Morgan fingerprint density at radius 3 is 2.40 bits per heavy atom. The molecule has 3 N–H and O–H groups in total. The molecule has 0 saturated heterocycles. The van der Waals surface area contributed by atoms with Gasteiger partial charge in [-0.3, -0.25) is 4.79 Å². The molecule has 1 aromatic carbocycles. The molecular weight excluding hydrogens is 330 g/mol. The van der Waals surface area contributed by atoms with E-state index in [2.05, 4.69) is 5.32 Å². The molecule has 0 aromatic heterocycles. The summed E-state index contributed by atoms with van der Waals surface area (Å²) >= 11 is 11.4. The van der Waals surface area contributed by atoms with Gasteiger partial charge in [0.2, 0.25) is 10.0 Å². The first kappa shape index (κ1) is 15.5. The molecule has 1 aromatic rings. The topological polar surface area (TPSA) is 89.3 Å². The molecular formula is C11H11Cl2FN2O3S. The van der Waals surface area contributed by atoms with Crippen LogP contribution in [0.2, 0.25) is 10.0 Å². The van der Waals surface area contributed by atoms with Crippen LogP contribution in [0.4, 0.5) is 4.39 Å². The van der Waals surface area contributed by atoms with Crippen LogP contribution < -0.4 is 10.5 Å². The third-order valence-electron chi connectivity index (χ3n) is 3.09. The number of hydrogen-bond acceptors (Lipinski definition) is 3. The van der Waals surface area contributed by atoms with Gasteiger partial charge in [-0.1, -0.05) is 23.2 Å². The van der Waals surface area contributed by atoms with Crippen molar-refractivity contribution in [2.75, 3.05) is 0 Å². The Morgan fingerprint density at radius 1 is 1.35 bits per heavy atom. The van der Waals surface area contributed by atoms with Gasteiger partial charge in [-0.05, 0) is 25.3 Å². The summed E-state index contributed by atoms with van der Waals surface area (Å²) in [5.74, 6) is -1.72. The fourth-order valence-electron chi connectivity index (χ4n) is 1.81. The maximum atomic E-state index is 13.7. The lowest BCUT2D eigenvalue weighted by molar-refractivity contribution is 0.0916. The first-order chi connectivity index (χ1) is 9.21. The second kappa shape index (κ2) is 5.48. The van der Waals surface area contributed by atoms with Crippen LogP contribution in [0.25, 0.3) is 0 Å². The van der Waals surface area contributed by atoms with E-state index in [1.807, 2.05) is 0 Å². The van der Waals surface area contributed by atoms with E-state index in [0.29, 0.717) is 0 Å². The molecule has 1 amide bonds. The molecule has 1 fully saturated rings. The van der Waals surface area contributed by atoms with Crippen molar-refractivity contribution in [1.29, 1.82) is 0 Å². The molecule has 2 rings (SSSR count). The van der Waals surface area contributed by atoms with E-state index < -0.39 is 36.7 Å². The zero-order chi connectivity index (χ0) is 15.1. The maximum absolute atomic E-state index is 13.7. The van der Waals surface area contributed by atoms with E-state index in [-0.39, 0.29) is 11.6 Å². The molecule has 20 heavy (non-hydrogen) atoms. The number of nitrogens with one attached hydrogen (secondary N) is 1. The largest absolute Gasteiger partial charge is 0.349 e. The summed E-state index contributed by atoms with van der Waals surface area (Å²) in [6, 6.07) is 0.795. The van der Waals surface area contributed by atoms with Crippen molar-refractivity contribution in [3.05, 3.63) is 27.5 Å². The average Bonchev–Trinajstić information content (AvgIpc) is 2.26. The van der Waals surface area contributed by atoms with Crippen LogP contribution in [0, 0.1) is 5.82 Å². The van der Waals surface area contributed by atoms with Gasteiger partial charge in [0.25, 0.3) is 5.91 Å². The zero-order valence-electron chi connectivity index (χ0n) is 10.1. The van der Waals surface area contributed by atoms with Crippen molar-refractivity contribution in [1.82, 2.24) is 5.32 Å². The minimum atomic E-state index is -4.35. The first-order valence-corrected chi connectivity index (χ1v) is 8.03. The second-order valence-electron chi connectivity index (χ2n) is 4.51. The number of carbonyl (C=O) groups excluding carboxylic acids is 1. The van der Waals surface area contributed by atoms with Gasteiger partial charge < -0.3 is 5.32 Å². The van der Waals surface area contributed by atoms with Gasteiger partial charge in [0.15, 0.2) is 0 Å². The minimum absolute atomic E-state index is 0.00441. The molecule has 0 atom stereocenters. The predicted octanol–water partition coefficient (Wildman–Crippen LogP) is 2.06. The maximum Gasteiger partial charge on any atom is 0.253 e. The van der Waals surface area contributed by atoms with Crippen molar-refractivity contribution in [3.63, 3.8) is 0 Å². The fourth-order valence-corrected chi connectivity index (χ4v) is 3.60. The highest BCUT2D eigenvalue weighted by atomic mass is 35.5. The van der Waals surface area contributed by atoms with Gasteiger partial charge in [0.1, 0.15) is 10.7 Å². The van der Waals surface area contributed by atoms with E-state index >= 15 is 0 Å². The smallest absolute Gasteiger partial charge is 0.253 e. The van der Waals surface area contributed by atoms with E-state index in [9.17, 15) is 17.6 Å². The number of halogens is 3. The molecule has 1 aliphatic carbocycles. The molecule has 0 radical (unpaired) electrons. The van der Waals surface area contributed by atoms with E-state index in [0.717, 1.165) is 25.3 Å². The lowest BCUT2D eigenvalue weighted by Crippen LogP contribution is -2.39. The summed E-state index contributed by atoms with van der Waals surface area (Å²) in [4.78, 5) is 11.2. The van der Waals surface area contributed by atoms with Gasteiger partial charge in [-0.25, -0.2) is 17.9 Å². The number of amides is 1. The van der Waals surface area contributed by atoms with Crippen molar-refractivity contribution in [2.45, 2.75) is 30.2 Å². The SMILES string of the molecule is NS(=O)(=O)c1c(Cl)c(F)cc(C(=O)NC2CCC2)c1Cl. The standard InChI is InChI=1S/C11H11Cl2FN2O3S/c12-8-6(11(17)16-5-2-1-3-5)4-7(14)9(13)10(8)20(15,18)19/h4-5H,1-3H2,(H,16,17)(H2,15,18,19). The molecule has 0 aliphatic heterocycles. The van der Waals surface area contributed by atoms with Crippen LogP contribution in [-0.2, 0) is 10.0 Å². The molecule has 1 saturated carbocycles. The van der Waals surface area contributed by atoms with Crippen LogP contribution in [0.1, 0.15) is 29.6 Å². The summed E-state index contributed by atoms with van der Waals surface area (Å²) in [5, 5.41) is 6.37. The van der Waals surface area contributed by atoms with E-state index in [1.54, 1.807) is 0 Å². The van der Waals surface area contributed by atoms with Crippen molar-refractivity contribution in [3.8, 4) is 0 Å².